The molecule has 1 fully saturated rings. The zero-order chi connectivity index (χ0) is 19.9. The fraction of sp³-hybridized carbons (Fsp3) is 0.615. The number of aliphatic hydroxyl groups is 1. The molecule has 4 atom stereocenters. The van der Waals surface area contributed by atoms with E-state index in [9.17, 15) is 5.11 Å². The first kappa shape index (κ1) is 21.3. The van der Waals surface area contributed by atoms with E-state index in [4.69, 9.17) is 0 Å². The average molecular weight is 382 g/mol. The highest BCUT2D eigenvalue weighted by molar-refractivity contribution is 5.23. The number of rotatable bonds is 10. The van der Waals surface area contributed by atoms with Gasteiger partial charge in [0.15, 0.2) is 0 Å². The molecule has 0 heterocycles. The molecule has 0 bridgehead atoms. The van der Waals surface area contributed by atoms with Crippen LogP contribution >= 0.6 is 0 Å². The normalized spacial score (nSPS) is 27.0. The van der Waals surface area contributed by atoms with E-state index in [0.717, 1.165) is 19.3 Å². The Balaban J connectivity index is 1.42. The van der Waals surface area contributed by atoms with E-state index < -0.39 is 0 Å². The Kier molecular flexibility index (Phi) is 7.93. The molecule has 1 aromatic carbocycles. The van der Waals surface area contributed by atoms with Crippen LogP contribution in [0.15, 0.2) is 48.1 Å². The summed E-state index contributed by atoms with van der Waals surface area (Å²) >= 11 is 0. The summed E-state index contributed by atoms with van der Waals surface area (Å²) in [5, 5.41) is 10.5. The third-order valence-electron chi connectivity index (χ3n) is 6.59. The fourth-order valence-electron chi connectivity index (χ4n) is 5.12. The molecule has 28 heavy (non-hydrogen) atoms. The molecule has 0 amide bonds. The molecule has 0 radical (unpaired) electrons. The Bertz CT molecular complexity index is 675. The van der Waals surface area contributed by atoms with Gasteiger partial charge in [-0.25, -0.2) is 0 Å². The summed E-state index contributed by atoms with van der Waals surface area (Å²) in [6.45, 7) is 3.35. The molecule has 0 aromatic heterocycles. The number of nitrogens with zero attached hydrogens (tertiary/aromatic N) is 1. The smallest absolute Gasteiger partial charge is 0.0611 e. The van der Waals surface area contributed by atoms with Crippen molar-refractivity contribution >= 4 is 0 Å². The van der Waals surface area contributed by atoms with Crippen molar-refractivity contribution in [1.29, 1.82) is 0 Å². The van der Waals surface area contributed by atoms with Crippen LogP contribution in [0.3, 0.4) is 0 Å². The van der Waals surface area contributed by atoms with Crippen LogP contribution in [0, 0.1) is 24.7 Å². The summed E-state index contributed by atoms with van der Waals surface area (Å²) in [6.07, 6.45) is 16.6. The molecule has 2 heteroatoms. The zero-order valence-electron chi connectivity index (χ0n) is 18.1. The van der Waals surface area contributed by atoms with Crippen LogP contribution in [0.25, 0.3) is 0 Å². The number of allylic oxidation sites excluding steroid dienone is 3. The second-order valence-electron chi connectivity index (χ2n) is 9.31. The van der Waals surface area contributed by atoms with Gasteiger partial charge in [0, 0.05) is 5.92 Å². The Hall–Kier alpha value is -1.38. The van der Waals surface area contributed by atoms with Gasteiger partial charge in [0.2, 0.25) is 0 Å². The number of fused-ring (bicyclic) bond motifs is 1. The first-order valence-corrected chi connectivity index (χ1v) is 11.3. The highest BCUT2D eigenvalue weighted by Crippen LogP contribution is 2.48. The lowest BCUT2D eigenvalue weighted by atomic mass is 9.88. The second-order valence-corrected chi connectivity index (χ2v) is 9.31. The van der Waals surface area contributed by atoms with Crippen LogP contribution in [-0.2, 0) is 6.42 Å². The monoisotopic (exact) mass is 381 g/mol. The molecule has 1 saturated carbocycles. The standard InChI is InChI=1S/C26H39NO/c1-20-10-9-13-21(16-20)11-6-7-14-24-25-18-22(17-23(25)19-26(24)28)12-5-4-8-15-27(2)3/h7,9-10,13-14,16-17,23-26,28H,4-6,8,11-12,15,18-19H2,1-3H3/t23-,24+,25-,26+/m0/s1. The zero-order valence-corrected chi connectivity index (χ0v) is 18.1. The van der Waals surface area contributed by atoms with Crippen molar-refractivity contribution in [2.24, 2.45) is 17.8 Å². The quantitative estimate of drug-likeness (QED) is 0.424. The van der Waals surface area contributed by atoms with Gasteiger partial charge in [0.25, 0.3) is 0 Å². The van der Waals surface area contributed by atoms with E-state index in [0.29, 0.717) is 17.8 Å². The molecule has 0 saturated heterocycles. The largest absolute Gasteiger partial charge is 0.392 e. The first-order chi connectivity index (χ1) is 13.5. The van der Waals surface area contributed by atoms with Crippen LogP contribution in [-0.4, -0.2) is 36.8 Å². The summed E-state index contributed by atoms with van der Waals surface area (Å²) in [6, 6.07) is 8.79. The lowest BCUT2D eigenvalue weighted by molar-refractivity contribution is 0.141. The Labute approximate surface area is 172 Å². The Morgan fingerprint density at radius 2 is 2.00 bits per heavy atom. The van der Waals surface area contributed by atoms with Crippen molar-refractivity contribution in [2.45, 2.75) is 64.4 Å². The maximum absolute atomic E-state index is 10.5. The number of aryl methyl sites for hydroxylation is 2. The van der Waals surface area contributed by atoms with E-state index in [2.05, 4.69) is 68.4 Å². The third-order valence-corrected chi connectivity index (χ3v) is 6.59. The molecule has 0 unspecified atom stereocenters. The Morgan fingerprint density at radius 1 is 1.14 bits per heavy atom. The van der Waals surface area contributed by atoms with Gasteiger partial charge >= 0.3 is 0 Å². The van der Waals surface area contributed by atoms with Gasteiger partial charge in [-0.15, -0.1) is 0 Å². The summed E-state index contributed by atoms with van der Waals surface area (Å²) in [7, 11) is 4.31. The first-order valence-electron chi connectivity index (χ1n) is 11.3. The Morgan fingerprint density at radius 3 is 2.79 bits per heavy atom. The molecule has 3 rings (SSSR count). The molecule has 0 spiro atoms. The van der Waals surface area contributed by atoms with Crippen LogP contribution < -0.4 is 0 Å². The second kappa shape index (κ2) is 10.4. The fourth-order valence-corrected chi connectivity index (χ4v) is 5.12. The van der Waals surface area contributed by atoms with Gasteiger partial charge in [-0.3, -0.25) is 0 Å². The van der Waals surface area contributed by atoms with Gasteiger partial charge in [0.05, 0.1) is 6.10 Å². The highest BCUT2D eigenvalue weighted by Gasteiger charge is 2.42. The number of hydrogen-bond acceptors (Lipinski definition) is 2. The van der Waals surface area contributed by atoms with Crippen LogP contribution in [0.4, 0.5) is 0 Å². The minimum absolute atomic E-state index is 0.150. The van der Waals surface area contributed by atoms with Gasteiger partial charge < -0.3 is 10.0 Å². The average Bonchev–Trinajstić information content (AvgIpc) is 3.15. The van der Waals surface area contributed by atoms with Crippen molar-refractivity contribution in [3.63, 3.8) is 0 Å². The molecule has 154 valence electrons. The molecule has 1 aromatic rings. The molecule has 2 nitrogen and oxygen atoms in total. The van der Waals surface area contributed by atoms with Crippen LogP contribution in [0.5, 0.6) is 0 Å². The van der Waals surface area contributed by atoms with Crippen molar-refractivity contribution < 1.29 is 5.11 Å². The summed E-state index contributed by atoms with van der Waals surface area (Å²) < 4.78 is 0. The summed E-state index contributed by atoms with van der Waals surface area (Å²) in [5.74, 6) is 1.60. The lowest BCUT2D eigenvalue weighted by Gasteiger charge is -2.18. The van der Waals surface area contributed by atoms with Gasteiger partial charge in [-0.2, -0.15) is 0 Å². The SMILES string of the molecule is Cc1cccc(CCC=C[C@@H]2[C@H]3CC(CCCCCN(C)C)=C[C@H]3C[C@H]2O)c1. The number of benzene rings is 1. The molecule has 2 aliphatic carbocycles. The van der Waals surface area contributed by atoms with Crippen LogP contribution in [0.1, 0.15) is 56.1 Å². The number of aliphatic hydroxyl groups excluding tert-OH is 1. The minimum atomic E-state index is -0.150. The molecule has 0 aliphatic heterocycles. The maximum Gasteiger partial charge on any atom is 0.0611 e. The van der Waals surface area contributed by atoms with Crippen molar-refractivity contribution in [2.75, 3.05) is 20.6 Å². The third kappa shape index (κ3) is 6.06. The van der Waals surface area contributed by atoms with Gasteiger partial charge in [-0.05, 0) is 89.9 Å². The summed E-state index contributed by atoms with van der Waals surface area (Å²) in [4.78, 5) is 2.27. The van der Waals surface area contributed by atoms with Crippen molar-refractivity contribution in [3.8, 4) is 0 Å². The van der Waals surface area contributed by atoms with Gasteiger partial charge in [0.1, 0.15) is 0 Å². The lowest BCUT2D eigenvalue weighted by Crippen LogP contribution is -2.17. The predicted molar refractivity (Wildman–Crippen MR) is 119 cm³/mol. The van der Waals surface area contributed by atoms with Crippen molar-refractivity contribution in [3.05, 3.63) is 59.2 Å². The molecule has 2 aliphatic rings. The number of hydrogen-bond donors (Lipinski definition) is 1. The van der Waals surface area contributed by atoms with E-state index in [1.54, 1.807) is 5.57 Å². The van der Waals surface area contributed by atoms with E-state index in [-0.39, 0.29) is 6.10 Å². The molecular formula is C26H39NO. The number of unbranched alkanes of at least 4 members (excludes halogenated alkanes) is 2. The van der Waals surface area contributed by atoms with E-state index in [1.165, 1.54) is 49.8 Å². The predicted octanol–water partition coefficient (Wildman–Crippen LogP) is 5.55. The summed E-state index contributed by atoms with van der Waals surface area (Å²) in [5.41, 5.74) is 4.40. The highest BCUT2D eigenvalue weighted by atomic mass is 16.3. The van der Waals surface area contributed by atoms with Crippen molar-refractivity contribution in [1.82, 2.24) is 4.90 Å². The van der Waals surface area contributed by atoms with E-state index >= 15 is 0 Å². The van der Waals surface area contributed by atoms with E-state index in [1.807, 2.05) is 0 Å². The van der Waals surface area contributed by atoms with Crippen LogP contribution in [0.2, 0.25) is 0 Å². The minimum Gasteiger partial charge on any atom is -0.392 e. The molecule has 1 N–H and O–H groups in total. The molecular weight excluding hydrogens is 342 g/mol. The topological polar surface area (TPSA) is 23.5 Å². The van der Waals surface area contributed by atoms with Gasteiger partial charge in [-0.1, -0.05) is 60.1 Å². The maximum atomic E-state index is 10.5.